The molecule has 0 saturated heterocycles. The van der Waals surface area contributed by atoms with Crippen LogP contribution in [0, 0.1) is 0 Å². The molecule has 1 atom stereocenters. The van der Waals surface area contributed by atoms with Crippen molar-refractivity contribution in [3.8, 4) is 0 Å². The Labute approximate surface area is 477 Å². The van der Waals surface area contributed by atoms with E-state index in [0.717, 1.165) is 122 Å². The van der Waals surface area contributed by atoms with Crippen molar-refractivity contribution in [1.82, 2.24) is 0 Å². The highest BCUT2D eigenvalue weighted by Gasteiger charge is 2.19. The molecule has 444 valence electrons. The predicted molar refractivity (Wildman–Crippen MR) is 334 cm³/mol. The van der Waals surface area contributed by atoms with Crippen LogP contribution >= 0.6 is 0 Å². The molecule has 0 saturated carbocycles. The minimum Gasteiger partial charge on any atom is -0.462 e. The number of ether oxygens (including phenoxy) is 3. The van der Waals surface area contributed by atoms with E-state index in [9.17, 15) is 14.4 Å². The Morgan fingerprint density at radius 3 is 0.805 bits per heavy atom. The van der Waals surface area contributed by atoms with Crippen LogP contribution in [0.3, 0.4) is 0 Å². The molecule has 0 aromatic rings. The molecule has 0 fully saturated rings. The van der Waals surface area contributed by atoms with Gasteiger partial charge >= 0.3 is 17.9 Å². The fraction of sp³-hybridized carbons (Fsp3) is 0.761. The molecule has 0 aromatic carbocycles. The summed E-state index contributed by atoms with van der Waals surface area (Å²) in [5.74, 6) is -0.921. The monoisotopic (exact) mass is 1070 g/mol. The second-order valence-electron chi connectivity index (χ2n) is 22.0. The zero-order valence-corrected chi connectivity index (χ0v) is 51.0. The van der Waals surface area contributed by atoms with Crippen molar-refractivity contribution in [1.29, 1.82) is 0 Å². The van der Waals surface area contributed by atoms with Gasteiger partial charge in [0.15, 0.2) is 6.10 Å². The number of unbranched alkanes of at least 4 members (excludes halogenated alkanes) is 35. The van der Waals surface area contributed by atoms with Crippen molar-refractivity contribution < 1.29 is 28.6 Å². The average molecular weight is 1070 g/mol. The lowest BCUT2D eigenvalue weighted by Crippen LogP contribution is -2.30. The van der Waals surface area contributed by atoms with Crippen molar-refractivity contribution >= 4 is 17.9 Å². The largest absolute Gasteiger partial charge is 0.462 e. The highest BCUT2D eigenvalue weighted by atomic mass is 16.6. The Morgan fingerprint density at radius 1 is 0.273 bits per heavy atom. The van der Waals surface area contributed by atoms with Crippen LogP contribution in [0.15, 0.2) is 85.1 Å². The number of rotatable bonds is 60. The molecule has 77 heavy (non-hydrogen) atoms. The molecule has 0 heterocycles. The predicted octanol–water partition coefficient (Wildman–Crippen LogP) is 22.7. The van der Waals surface area contributed by atoms with Gasteiger partial charge in [0, 0.05) is 19.3 Å². The Balaban J connectivity index is 4.27. The second kappa shape index (κ2) is 65.1. The van der Waals surface area contributed by atoms with Crippen LogP contribution in [-0.4, -0.2) is 37.2 Å². The van der Waals surface area contributed by atoms with Gasteiger partial charge in [-0.05, 0) is 89.9 Å². The molecular weight excluding hydrogens is 949 g/mol. The second-order valence-corrected chi connectivity index (χ2v) is 22.0. The molecule has 0 bridgehead atoms. The smallest absolute Gasteiger partial charge is 0.306 e. The third kappa shape index (κ3) is 63.3. The highest BCUT2D eigenvalue weighted by Crippen LogP contribution is 2.18. The van der Waals surface area contributed by atoms with Gasteiger partial charge in [0.25, 0.3) is 0 Å². The van der Waals surface area contributed by atoms with Crippen LogP contribution in [0.4, 0.5) is 0 Å². The SMILES string of the molecule is CC/C=C\C/C=C\C/C=C\C/C=C\CCCCCCCCC(=O)OC(COC(=O)CCCCC/C=C\C/C=C\C/C=C\CC)COC(=O)CCCCCCCCCCCCCCCCCCCCCCCCCCCCC. The first-order valence-corrected chi connectivity index (χ1v) is 33.1. The number of carbonyl (C=O) groups is 3. The summed E-state index contributed by atoms with van der Waals surface area (Å²) in [4.78, 5) is 38.3. The first-order valence-electron chi connectivity index (χ1n) is 33.1. The number of carbonyl (C=O) groups excluding carboxylic acids is 3. The lowest BCUT2D eigenvalue weighted by atomic mass is 10.0. The molecule has 0 aliphatic rings. The van der Waals surface area contributed by atoms with E-state index in [-0.39, 0.29) is 31.1 Å². The summed E-state index contributed by atoms with van der Waals surface area (Å²) in [6, 6.07) is 0. The molecule has 0 spiro atoms. The minimum atomic E-state index is -0.797. The average Bonchev–Trinajstić information content (AvgIpc) is 3.43. The van der Waals surface area contributed by atoms with Crippen molar-refractivity contribution in [3.05, 3.63) is 85.1 Å². The lowest BCUT2D eigenvalue weighted by molar-refractivity contribution is -0.167. The van der Waals surface area contributed by atoms with Crippen LogP contribution in [0.1, 0.15) is 329 Å². The molecule has 6 nitrogen and oxygen atoms in total. The molecule has 0 aliphatic carbocycles. The third-order valence-electron chi connectivity index (χ3n) is 14.4. The summed E-state index contributed by atoms with van der Waals surface area (Å²) in [5.41, 5.74) is 0. The normalized spacial score (nSPS) is 12.6. The molecule has 0 N–H and O–H groups in total. The van der Waals surface area contributed by atoms with Gasteiger partial charge in [0.05, 0.1) is 0 Å². The van der Waals surface area contributed by atoms with E-state index in [1.165, 1.54) is 167 Å². The first-order chi connectivity index (χ1) is 38.0. The van der Waals surface area contributed by atoms with Gasteiger partial charge < -0.3 is 14.2 Å². The number of esters is 3. The van der Waals surface area contributed by atoms with Gasteiger partial charge in [0.1, 0.15) is 13.2 Å². The van der Waals surface area contributed by atoms with Crippen LogP contribution in [0.5, 0.6) is 0 Å². The molecule has 1 unspecified atom stereocenters. The van der Waals surface area contributed by atoms with E-state index in [4.69, 9.17) is 14.2 Å². The maximum absolute atomic E-state index is 12.9. The van der Waals surface area contributed by atoms with Gasteiger partial charge in [0.2, 0.25) is 0 Å². The van der Waals surface area contributed by atoms with E-state index in [1.54, 1.807) is 0 Å². The Bertz CT molecular complexity index is 1470. The van der Waals surface area contributed by atoms with Gasteiger partial charge in [-0.1, -0.05) is 305 Å². The Morgan fingerprint density at radius 2 is 0.506 bits per heavy atom. The fourth-order valence-electron chi connectivity index (χ4n) is 9.51. The van der Waals surface area contributed by atoms with E-state index < -0.39 is 6.10 Å². The maximum atomic E-state index is 12.9. The fourth-order valence-corrected chi connectivity index (χ4v) is 9.51. The standard InChI is InChI=1S/C71H124O6/c1-4-7-10-13-16-19-22-25-27-29-31-32-33-34-35-36-37-38-40-41-43-46-49-52-55-58-61-64-70(73)76-67-68(66-75-69(72)63-60-57-54-51-48-45-24-21-18-15-12-9-6-3)77-71(74)65-62-59-56-53-50-47-44-42-39-30-28-26-23-20-17-14-11-8-5-2/h8-9,11-12,17-18,20-21,26,28,39,42,45,48,68H,4-7,10,13-16,19,22-25,27,29-38,40-41,43-44,46-47,49-67H2,1-3H3/b11-8-,12-9-,20-17-,21-18-,28-26-,42-39-,48-45-. The Hall–Kier alpha value is -3.41. The number of hydrogen-bond acceptors (Lipinski definition) is 6. The summed E-state index contributed by atoms with van der Waals surface area (Å²) in [6.07, 6.45) is 86.1. The lowest BCUT2D eigenvalue weighted by Gasteiger charge is -2.18. The molecule has 0 aliphatic heterocycles. The van der Waals surface area contributed by atoms with E-state index >= 15 is 0 Å². The van der Waals surface area contributed by atoms with Crippen LogP contribution in [0.25, 0.3) is 0 Å². The topological polar surface area (TPSA) is 78.9 Å². The Kier molecular flexibility index (Phi) is 62.2. The van der Waals surface area contributed by atoms with Gasteiger partial charge in [-0.3, -0.25) is 14.4 Å². The van der Waals surface area contributed by atoms with Gasteiger partial charge in [-0.2, -0.15) is 0 Å². The molecule has 0 radical (unpaired) electrons. The van der Waals surface area contributed by atoms with Crippen molar-refractivity contribution in [2.45, 2.75) is 335 Å². The quantitative estimate of drug-likeness (QED) is 0.0261. The van der Waals surface area contributed by atoms with E-state index in [2.05, 4.69) is 106 Å². The van der Waals surface area contributed by atoms with Crippen molar-refractivity contribution in [2.24, 2.45) is 0 Å². The molecular formula is C71H124O6. The summed E-state index contributed by atoms with van der Waals surface area (Å²) in [5, 5.41) is 0. The highest BCUT2D eigenvalue weighted by molar-refractivity contribution is 5.71. The molecule has 0 amide bonds. The van der Waals surface area contributed by atoms with Crippen LogP contribution in [-0.2, 0) is 28.6 Å². The summed E-state index contributed by atoms with van der Waals surface area (Å²) in [6.45, 7) is 6.42. The van der Waals surface area contributed by atoms with E-state index in [0.29, 0.717) is 19.3 Å². The molecule has 6 heteroatoms. The van der Waals surface area contributed by atoms with Crippen molar-refractivity contribution in [3.63, 3.8) is 0 Å². The molecule has 0 aromatic heterocycles. The third-order valence-corrected chi connectivity index (χ3v) is 14.4. The minimum absolute atomic E-state index is 0.0897. The van der Waals surface area contributed by atoms with Crippen molar-refractivity contribution in [2.75, 3.05) is 13.2 Å². The summed E-state index contributed by atoms with van der Waals surface area (Å²) < 4.78 is 16.9. The summed E-state index contributed by atoms with van der Waals surface area (Å²) >= 11 is 0. The number of hydrogen-bond donors (Lipinski definition) is 0. The molecule has 0 rings (SSSR count). The van der Waals surface area contributed by atoms with Crippen LogP contribution in [0.2, 0.25) is 0 Å². The first kappa shape index (κ1) is 73.6. The van der Waals surface area contributed by atoms with E-state index in [1.807, 2.05) is 0 Å². The van der Waals surface area contributed by atoms with Gasteiger partial charge in [-0.15, -0.1) is 0 Å². The zero-order valence-electron chi connectivity index (χ0n) is 51.0. The number of allylic oxidation sites excluding steroid dienone is 14. The van der Waals surface area contributed by atoms with Crippen LogP contribution < -0.4 is 0 Å². The zero-order chi connectivity index (χ0) is 55.7. The maximum Gasteiger partial charge on any atom is 0.306 e. The van der Waals surface area contributed by atoms with Gasteiger partial charge in [-0.25, -0.2) is 0 Å². The summed E-state index contributed by atoms with van der Waals surface area (Å²) in [7, 11) is 0.